The Morgan fingerprint density at radius 3 is 2.77 bits per heavy atom. The average Bonchev–Trinajstić information content (AvgIpc) is 3.17. The summed E-state index contributed by atoms with van der Waals surface area (Å²) in [5, 5.41) is 0. The molecular weight excluding hydrogens is 328 g/mol. The lowest BCUT2D eigenvalue weighted by Crippen LogP contribution is -2.36. The Morgan fingerprint density at radius 1 is 1.08 bits per heavy atom. The predicted octanol–water partition coefficient (Wildman–Crippen LogP) is 2.51. The number of rotatable bonds is 5. The van der Waals surface area contributed by atoms with E-state index in [-0.39, 0.29) is 0 Å². The maximum absolute atomic E-state index is 5.39. The summed E-state index contributed by atoms with van der Waals surface area (Å²) in [4.78, 5) is 19.8. The second-order valence-corrected chi connectivity index (χ2v) is 6.44. The van der Waals surface area contributed by atoms with Crippen LogP contribution in [-0.2, 0) is 6.54 Å². The molecule has 4 heterocycles. The molecule has 0 radical (unpaired) electrons. The third-order valence-electron chi connectivity index (χ3n) is 4.78. The van der Waals surface area contributed by atoms with Crippen LogP contribution in [0.4, 0.5) is 5.82 Å². The van der Waals surface area contributed by atoms with Gasteiger partial charge in [-0.15, -0.1) is 0 Å². The molecule has 3 aromatic rings. The van der Waals surface area contributed by atoms with E-state index >= 15 is 0 Å². The molecule has 1 unspecified atom stereocenters. The average molecular weight is 350 g/mol. The number of aromatic nitrogens is 5. The SMILES string of the molecule is COc1nccnc1N1CCCC(c2nccn2Cc2ccncc2)C1. The number of pyridine rings is 1. The molecule has 0 saturated carbocycles. The van der Waals surface area contributed by atoms with Crippen molar-refractivity contribution in [1.82, 2.24) is 24.5 Å². The molecule has 1 fully saturated rings. The van der Waals surface area contributed by atoms with Crippen LogP contribution in [0.25, 0.3) is 0 Å². The molecule has 4 rings (SSSR count). The van der Waals surface area contributed by atoms with E-state index in [1.54, 1.807) is 19.5 Å². The van der Waals surface area contributed by atoms with Crippen molar-refractivity contribution in [3.63, 3.8) is 0 Å². The van der Waals surface area contributed by atoms with Crippen molar-refractivity contribution >= 4 is 5.82 Å². The normalized spacial score (nSPS) is 17.3. The highest BCUT2D eigenvalue weighted by Crippen LogP contribution is 2.31. The third-order valence-corrected chi connectivity index (χ3v) is 4.78. The fraction of sp³-hybridized carbons (Fsp3) is 0.368. The maximum Gasteiger partial charge on any atom is 0.257 e. The second-order valence-electron chi connectivity index (χ2n) is 6.44. The second kappa shape index (κ2) is 7.51. The first-order valence-electron chi connectivity index (χ1n) is 8.85. The van der Waals surface area contributed by atoms with Crippen LogP contribution in [0.1, 0.15) is 30.1 Å². The Bertz CT molecular complexity index is 850. The van der Waals surface area contributed by atoms with Gasteiger partial charge in [-0.25, -0.2) is 15.0 Å². The highest BCUT2D eigenvalue weighted by atomic mass is 16.5. The number of methoxy groups -OCH3 is 1. The van der Waals surface area contributed by atoms with Crippen molar-refractivity contribution in [3.8, 4) is 5.88 Å². The van der Waals surface area contributed by atoms with Gasteiger partial charge >= 0.3 is 0 Å². The topological polar surface area (TPSA) is 69.0 Å². The van der Waals surface area contributed by atoms with Crippen molar-refractivity contribution < 1.29 is 4.74 Å². The molecule has 3 aromatic heterocycles. The number of hydrogen-bond acceptors (Lipinski definition) is 6. The molecule has 26 heavy (non-hydrogen) atoms. The summed E-state index contributed by atoms with van der Waals surface area (Å²) in [6.07, 6.45) is 13.2. The van der Waals surface area contributed by atoms with Crippen LogP contribution in [-0.4, -0.2) is 44.7 Å². The molecule has 1 atom stereocenters. The van der Waals surface area contributed by atoms with Crippen LogP contribution in [0.2, 0.25) is 0 Å². The zero-order valence-corrected chi connectivity index (χ0v) is 14.8. The van der Waals surface area contributed by atoms with Gasteiger partial charge in [0.25, 0.3) is 5.88 Å². The van der Waals surface area contributed by atoms with Gasteiger partial charge in [0.1, 0.15) is 5.82 Å². The van der Waals surface area contributed by atoms with E-state index in [1.807, 2.05) is 30.7 Å². The van der Waals surface area contributed by atoms with Crippen molar-refractivity contribution in [3.05, 3.63) is 60.7 Å². The van der Waals surface area contributed by atoms with E-state index in [2.05, 4.69) is 35.6 Å². The largest absolute Gasteiger partial charge is 0.478 e. The summed E-state index contributed by atoms with van der Waals surface area (Å²) in [5.41, 5.74) is 1.22. The van der Waals surface area contributed by atoms with Gasteiger partial charge in [-0.05, 0) is 30.5 Å². The fourth-order valence-electron chi connectivity index (χ4n) is 3.56. The van der Waals surface area contributed by atoms with Gasteiger partial charge < -0.3 is 14.2 Å². The number of ether oxygens (including phenoxy) is 1. The third kappa shape index (κ3) is 3.37. The van der Waals surface area contributed by atoms with Crippen molar-refractivity contribution in [2.24, 2.45) is 0 Å². The standard InChI is InChI=1S/C19H22N6O/c1-26-19-18(21-8-9-23-19)24-11-2-3-16(14-24)17-22-10-12-25(17)13-15-4-6-20-7-5-15/h4-10,12,16H,2-3,11,13-14H2,1H3. The van der Waals surface area contributed by atoms with Crippen molar-refractivity contribution in [2.75, 3.05) is 25.1 Å². The van der Waals surface area contributed by atoms with Gasteiger partial charge in [0.15, 0.2) is 5.82 Å². The summed E-state index contributed by atoms with van der Waals surface area (Å²) in [7, 11) is 1.64. The van der Waals surface area contributed by atoms with E-state index in [9.17, 15) is 0 Å². The van der Waals surface area contributed by atoms with E-state index < -0.39 is 0 Å². The lowest BCUT2D eigenvalue weighted by atomic mass is 9.97. The van der Waals surface area contributed by atoms with E-state index in [0.717, 1.165) is 44.1 Å². The van der Waals surface area contributed by atoms with E-state index in [4.69, 9.17) is 4.74 Å². The highest BCUT2D eigenvalue weighted by Gasteiger charge is 2.27. The first-order valence-corrected chi connectivity index (χ1v) is 8.85. The molecule has 1 saturated heterocycles. The van der Waals surface area contributed by atoms with Crippen LogP contribution in [0.3, 0.4) is 0 Å². The summed E-state index contributed by atoms with van der Waals surface area (Å²) in [5.74, 6) is 2.86. The summed E-state index contributed by atoms with van der Waals surface area (Å²) >= 11 is 0. The van der Waals surface area contributed by atoms with Crippen LogP contribution < -0.4 is 9.64 Å². The minimum atomic E-state index is 0.354. The van der Waals surface area contributed by atoms with Crippen LogP contribution in [0.15, 0.2) is 49.3 Å². The maximum atomic E-state index is 5.39. The molecular formula is C19H22N6O. The molecule has 0 spiro atoms. The number of piperidine rings is 1. The molecule has 0 bridgehead atoms. The van der Waals surface area contributed by atoms with Crippen molar-refractivity contribution in [1.29, 1.82) is 0 Å². The monoisotopic (exact) mass is 350 g/mol. The molecule has 1 aliphatic heterocycles. The van der Waals surface area contributed by atoms with Crippen LogP contribution in [0, 0.1) is 0 Å². The Kier molecular flexibility index (Phi) is 4.77. The van der Waals surface area contributed by atoms with Gasteiger partial charge in [-0.1, -0.05) is 0 Å². The predicted molar refractivity (Wildman–Crippen MR) is 98.3 cm³/mol. The smallest absolute Gasteiger partial charge is 0.257 e. The Balaban J connectivity index is 1.55. The molecule has 134 valence electrons. The molecule has 7 heteroatoms. The van der Waals surface area contributed by atoms with E-state index in [0.29, 0.717) is 11.8 Å². The highest BCUT2D eigenvalue weighted by molar-refractivity contribution is 5.48. The first kappa shape index (κ1) is 16.5. The number of anilines is 1. The Labute approximate surface area is 152 Å². The minimum absolute atomic E-state index is 0.354. The molecule has 0 aliphatic carbocycles. The molecule has 0 amide bonds. The zero-order valence-electron chi connectivity index (χ0n) is 14.8. The van der Waals surface area contributed by atoms with Gasteiger partial charge in [0, 0.05) is 62.7 Å². The lowest BCUT2D eigenvalue weighted by Gasteiger charge is -2.33. The number of hydrogen-bond donors (Lipinski definition) is 0. The minimum Gasteiger partial charge on any atom is -0.478 e. The van der Waals surface area contributed by atoms with Crippen LogP contribution in [0.5, 0.6) is 5.88 Å². The van der Waals surface area contributed by atoms with E-state index in [1.165, 1.54) is 5.56 Å². The van der Waals surface area contributed by atoms with Crippen molar-refractivity contribution in [2.45, 2.75) is 25.3 Å². The van der Waals surface area contributed by atoms with Gasteiger partial charge in [-0.3, -0.25) is 4.98 Å². The summed E-state index contributed by atoms with van der Waals surface area (Å²) in [6, 6.07) is 4.09. The fourth-order valence-corrected chi connectivity index (χ4v) is 3.56. The molecule has 1 aliphatic rings. The molecule has 7 nitrogen and oxygen atoms in total. The summed E-state index contributed by atoms with van der Waals surface area (Å²) in [6.45, 7) is 2.63. The lowest BCUT2D eigenvalue weighted by molar-refractivity contribution is 0.390. The van der Waals surface area contributed by atoms with Gasteiger partial charge in [0.05, 0.1) is 7.11 Å². The Morgan fingerprint density at radius 2 is 1.92 bits per heavy atom. The number of imidazole rings is 1. The van der Waals surface area contributed by atoms with Gasteiger partial charge in [-0.2, -0.15) is 0 Å². The molecule has 0 aromatic carbocycles. The zero-order chi connectivity index (χ0) is 17.8. The molecule has 0 N–H and O–H groups in total. The quantitative estimate of drug-likeness (QED) is 0.704. The summed E-state index contributed by atoms with van der Waals surface area (Å²) < 4.78 is 7.62. The Hall–Kier alpha value is -2.96. The number of nitrogens with zero attached hydrogens (tertiary/aromatic N) is 6. The van der Waals surface area contributed by atoms with Gasteiger partial charge in [0.2, 0.25) is 0 Å². The van der Waals surface area contributed by atoms with Crippen LogP contribution >= 0.6 is 0 Å². The first-order chi connectivity index (χ1) is 12.8.